The van der Waals surface area contributed by atoms with Crippen LogP contribution in [0.25, 0.3) is 0 Å². The molecule has 0 aliphatic heterocycles. The van der Waals surface area contributed by atoms with Gasteiger partial charge in [0.25, 0.3) is 0 Å². The quantitative estimate of drug-likeness (QED) is 0.145. The highest BCUT2D eigenvalue weighted by molar-refractivity contribution is 6.46. The number of hydrogen-bond acceptors (Lipinski definition) is 6. The van der Waals surface area contributed by atoms with E-state index in [1.807, 2.05) is 0 Å². The maximum absolute atomic E-state index is 8.11. The Morgan fingerprint density at radius 2 is 1.12 bits per heavy atom. The Kier molecular flexibility index (Phi) is 6.02. The second kappa shape index (κ2) is 4.61. The lowest BCUT2D eigenvalue weighted by molar-refractivity contribution is 0.117. The second-order valence-corrected chi connectivity index (χ2v) is 1.88. The van der Waals surface area contributed by atoms with Crippen molar-refractivity contribution in [1.82, 2.24) is 0 Å². The third-order valence-corrected chi connectivity index (χ3v) is 0. The molecule has 0 saturated carbocycles. The normalized spacial score (nSPS) is 9.00. The fraction of sp³-hybridized carbons (Fsp3) is 0. The van der Waals surface area contributed by atoms with Crippen LogP contribution in [-0.2, 0) is 0 Å². The maximum atomic E-state index is 8.11. The third-order valence-electron chi connectivity index (χ3n) is 0. The molecule has 0 atom stereocenters. The van der Waals surface area contributed by atoms with Crippen molar-refractivity contribution in [2.75, 3.05) is 0 Å². The maximum Gasteiger partial charge on any atom is 0.668 e. The van der Waals surface area contributed by atoms with Crippen molar-refractivity contribution < 1.29 is 24.4 Å². The van der Waals surface area contributed by atoms with Gasteiger partial charge in [0.05, 0.1) is 0 Å². The summed E-state index contributed by atoms with van der Waals surface area (Å²) in [4.78, 5) is 37.4. The predicted octanol–water partition coefficient (Wildman–Crippen LogP) is -2.47. The molecule has 0 radical (unpaired) electrons. The van der Waals surface area contributed by atoms with Gasteiger partial charge in [0.15, 0.2) is 5.34 Å². The first-order chi connectivity index (χ1) is 3.41. The molecule has 0 aromatic heterocycles. The molecule has 7 nitrogen and oxygen atoms in total. The molecule has 0 amide bonds. The SMILES string of the molecule is O=NO.O[Si](O)(O)O. The van der Waals surface area contributed by atoms with E-state index >= 15 is 0 Å². The van der Waals surface area contributed by atoms with E-state index in [1.54, 1.807) is 0 Å². The minimum Gasteiger partial charge on any atom is -0.379 e. The van der Waals surface area contributed by atoms with Gasteiger partial charge in [0, 0.05) is 0 Å². The first-order valence-electron chi connectivity index (χ1n) is 1.28. The van der Waals surface area contributed by atoms with E-state index in [0.29, 0.717) is 0 Å². The summed E-state index contributed by atoms with van der Waals surface area (Å²) in [6, 6.07) is 0. The summed E-state index contributed by atoms with van der Waals surface area (Å²) in [6.07, 6.45) is 0. The lowest BCUT2D eigenvalue weighted by Crippen LogP contribution is -2.33. The van der Waals surface area contributed by atoms with Crippen LogP contribution in [0.3, 0.4) is 0 Å². The summed E-state index contributed by atoms with van der Waals surface area (Å²) < 4.78 is 0. The van der Waals surface area contributed by atoms with Crippen molar-refractivity contribution in [2.24, 2.45) is 5.34 Å². The first kappa shape index (κ1) is 10.4. The monoisotopic (exact) mass is 143 g/mol. The molecule has 0 heterocycles. The van der Waals surface area contributed by atoms with Crippen LogP contribution in [0.1, 0.15) is 0 Å². The van der Waals surface area contributed by atoms with Crippen molar-refractivity contribution >= 4 is 9.05 Å². The molecule has 0 rings (SSSR count). The lowest BCUT2D eigenvalue weighted by Gasteiger charge is -1.91. The molecule has 0 aromatic rings. The van der Waals surface area contributed by atoms with E-state index in [-0.39, 0.29) is 0 Å². The highest BCUT2D eigenvalue weighted by Gasteiger charge is 2.22. The molecule has 0 aliphatic rings. The number of hydrogen-bond donors (Lipinski definition) is 5. The minimum absolute atomic E-state index is 1.25. The van der Waals surface area contributed by atoms with E-state index in [1.165, 1.54) is 5.34 Å². The Labute approximate surface area is 44.9 Å². The zero-order valence-electron chi connectivity index (χ0n) is 3.59. The summed E-state index contributed by atoms with van der Waals surface area (Å²) in [5.41, 5.74) is 0. The average Bonchev–Trinajstić information content (AvgIpc) is 1.27. The van der Waals surface area contributed by atoms with Crippen LogP contribution >= 0.6 is 0 Å². The summed E-state index contributed by atoms with van der Waals surface area (Å²) in [6.45, 7) is 0. The summed E-state index contributed by atoms with van der Waals surface area (Å²) in [7, 11) is -4.61. The highest BCUT2D eigenvalue weighted by atomic mass is 28.4. The number of rotatable bonds is 0. The van der Waals surface area contributed by atoms with Crippen LogP contribution < -0.4 is 0 Å². The summed E-state index contributed by atoms with van der Waals surface area (Å²) in [5.74, 6) is 0. The smallest absolute Gasteiger partial charge is 0.379 e. The summed E-state index contributed by atoms with van der Waals surface area (Å²) >= 11 is 0. The molecule has 0 fully saturated rings. The minimum atomic E-state index is -4.61. The Morgan fingerprint density at radius 3 is 1.12 bits per heavy atom. The molecule has 0 unspecified atom stereocenters. The number of nitrogens with zero attached hydrogens (tertiary/aromatic N) is 1. The fourth-order valence-corrected chi connectivity index (χ4v) is 0. The first-order valence-corrected chi connectivity index (χ1v) is 3.07. The molecule has 0 spiro atoms. The Balaban J connectivity index is 0. The van der Waals surface area contributed by atoms with Gasteiger partial charge in [-0.25, -0.2) is 0 Å². The van der Waals surface area contributed by atoms with Gasteiger partial charge in [-0.1, -0.05) is 0 Å². The highest BCUT2D eigenvalue weighted by Crippen LogP contribution is 1.67. The Bertz CT molecular complexity index is 48.0. The van der Waals surface area contributed by atoms with Crippen LogP contribution in [-0.4, -0.2) is 33.4 Å². The van der Waals surface area contributed by atoms with E-state index in [2.05, 4.69) is 0 Å². The van der Waals surface area contributed by atoms with Gasteiger partial charge in [-0.05, 0) is 0 Å². The Hall–Kier alpha value is -0.543. The predicted molar refractivity (Wildman–Crippen MR) is 22.2 cm³/mol. The fourth-order valence-electron chi connectivity index (χ4n) is 0. The summed E-state index contributed by atoms with van der Waals surface area (Å²) in [5, 5.41) is 7.89. The standard InChI is InChI=1S/HNO2.H4O4Si/c2-1-3;1-5(2,3)4/h(H,2,3);1-4H. The van der Waals surface area contributed by atoms with Crippen molar-refractivity contribution in [3.63, 3.8) is 0 Å². The third kappa shape index (κ3) is 367. The molecule has 0 bridgehead atoms. The van der Waals surface area contributed by atoms with Crippen molar-refractivity contribution in [1.29, 1.82) is 0 Å². The van der Waals surface area contributed by atoms with Crippen LogP contribution in [0.2, 0.25) is 0 Å². The molecule has 8 heteroatoms. The van der Waals surface area contributed by atoms with Crippen molar-refractivity contribution in [2.45, 2.75) is 0 Å². The lowest BCUT2D eigenvalue weighted by atomic mass is 13.4. The molecule has 8 heavy (non-hydrogen) atoms. The topological polar surface area (TPSA) is 131 Å². The molecule has 50 valence electrons. The molecular formula is H5NO6Si. The van der Waals surface area contributed by atoms with Crippen LogP contribution in [0, 0.1) is 4.91 Å². The van der Waals surface area contributed by atoms with Gasteiger partial charge in [-0.2, -0.15) is 0 Å². The van der Waals surface area contributed by atoms with Crippen LogP contribution in [0.5, 0.6) is 0 Å². The largest absolute Gasteiger partial charge is 0.668 e. The van der Waals surface area contributed by atoms with Gasteiger partial charge < -0.3 is 24.4 Å². The Morgan fingerprint density at radius 1 is 1.12 bits per heavy atom. The van der Waals surface area contributed by atoms with Gasteiger partial charge >= 0.3 is 9.05 Å². The molecule has 0 aromatic carbocycles. The molecule has 5 N–H and O–H groups in total. The van der Waals surface area contributed by atoms with Gasteiger partial charge in [0.2, 0.25) is 0 Å². The average molecular weight is 143 g/mol. The van der Waals surface area contributed by atoms with E-state index < -0.39 is 9.05 Å². The van der Waals surface area contributed by atoms with E-state index in [4.69, 9.17) is 29.3 Å². The second-order valence-electron chi connectivity index (χ2n) is 0.682. The van der Waals surface area contributed by atoms with E-state index in [0.717, 1.165) is 0 Å². The van der Waals surface area contributed by atoms with Crippen LogP contribution in [0.4, 0.5) is 0 Å². The van der Waals surface area contributed by atoms with Crippen LogP contribution in [0.15, 0.2) is 5.34 Å². The van der Waals surface area contributed by atoms with Crippen molar-refractivity contribution in [3.8, 4) is 0 Å². The van der Waals surface area contributed by atoms with Crippen molar-refractivity contribution in [3.05, 3.63) is 4.91 Å². The van der Waals surface area contributed by atoms with Gasteiger partial charge in [0.1, 0.15) is 0 Å². The molecule has 0 saturated heterocycles. The molecular weight excluding hydrogens is 138 g/mol. The van der Waals surface area contributed by atoms with Gasteiger partial charge in [-0.3, -0.25) is 0 Å². The van der Waals surface area contributed by atoms with E-state index in [9.17, 15) is 0 Å². The molecule has 0 aliphatic carbocycles. The zero-order chi connectivity index (χ0) is 7.21. The van der Waals surface area contributed by atoms with Gasteiger partial charge in [-0.15, -0.1) is 4.91 Å². The zero-order valence-corrected chi connectivity index (χ0v) is 4.59.